The molecule has 0 N–H and O–H groups in total. The van der Waals surface area contributed by atoms with Gasteiger partial charge in [-0.3, -0.25) is 9.69 Å². The summed E-state index contributed by atoms with van der Waals surface area (Å²) >= 11 is 0. The first-order valence-electron chi connectivity index (χ1n) is 13.7. The summed E-state index contributed by atoms with van der Waals surface area (Å²) in [5, 5.41) is 0. The van der Waals surface area contributed by atoms with Gasteiger partial charge in [0.2, 0.25) is 5.91 Å². The number of likely N-dealkylation sites (tertiary alicyclic amines) is 1. The van der Waals surface area contributed by atoms with Crippen LogP contribution in [0.5, 0.6) is 0 Å². The van der Waals surface area contributed by atoms with Crippen molar-refractivity contribution in [3.63, 3.8) is 0 Å². The fraction of sp³-hybridized carbons (Fsp3) is 0.406. The van der Waals surface area contributed by atoms with Crippen LogP contribution in [0.15, 0.2) is 78.9 Å². The first kappa shape index (κ1) is 23.3. The molecule has 0 aromatic heterocycles. The molecule has 1 amide bonds. The van der Waals surface area contributed by atoms with Gasteiger partial charge in [-0.05, 0) is 73.5 Å². The monoisotopic (exact) mass is 479 g/mol. The van der Waals surface area contributed by atoms with E-state index in [0.29, 0.717) is 12.6 Å². The molecule has 4 heteroatoms. The predicted octanol–water partition coefficient (Wildman–Crippen LogP) is 5.47. The highest BCUT2D eigenvalue weighted by Crippen LogP contribution is 2.33. The molecule has 0 saturated carbocycles. The van der Waals surface area contributed by atoms with E-state index in [-0.39, 0.29) is 11.8 Å². The maximum absolute atomic E-state index is 13.9. The largest absolute Gasteiger partial charge is 0.370 e. The van der Waals surface area contributed by atoms with Crippen LogP contribution in [0.3, 0.4) is 0 Å². The van der Waals surface area contributed by atoms with E-state index in [1.54, 1.807) is 0 Å². The molecule has 3 aromatic carbocycles. The van der Waals surface area contributed by atoms with Gasteiger partial charge in [0.05, 0.1) is 5.92 Å². The number of carbonyl (C=O) groups is 1. The first-order valence-corrected chi connectivity index (χ1v) is 13.7. The van der Waals surface area contributed by atoms with Crippen molar-refractivity contribution in [2.75, 3.05) is 31.1 Å². The second-order valence-corrected chi connectivity index (χ2v) is 10.8. The molecule has 2 atom stereocenters. The Morgan fingerprint density at radius 2 is 1.56 bits per heavy atom. The van der Waals surface area contributed by atoms with Crippen LogP contribution in [0, 0.1) is 0 Å². The summed E-state index contributed by atoms with van der Waals surface area (Å²) in [6, 6.07) is 28.8. The number of amides is 1. The van der Waals surface area contributed by atoms with Crippen molar-refractivity contribution in [2.24, 2.45) is 0 Å². The van der Waals surface area contributed by atoms with Crippen LogP contribution in [-0.4, -0.2) is 54.0 Å². The van der Waals surface area contributed by atoms with Crippen molar-refractivity contribution in [1.82, 2.24) is 9.80 Å². The van der Waals surface area contributed by atoms with Crippen LogP contribution in [0.2, 0.25) is 0 Å². The average molecular weight is 480 g/mol. The Kier molecular flexibility index (Phi) is 6.54. The molecular formula is C32H37N3O. The third kappa shape index (κ3) is 4.55. The van der Waals surface area contributed by atoms with E-state index in [2.05, 4.69) is 64.1 Å². The highest BCUT2D eigenvalue weighted by molar-refractivity contribution is 5.87. The van der Waals surface area contributed by atoms with Gasteiger partial charge in [-0.15, -0.1) is 0 Å². The molecule has 186 valence electrons. The van der Waals surface area contributed by atoms with Gasteiger partial charge in [-0.2, -0.15) is 0 Å². The van der Waals surface area contributed by atoms with Crippen LogP contribution >= 0.6 is 0 Å². The second-order valence-electron chi connectivity index (χ2n) is 10.8. The van der Waals surface area contributed by atoms with Crippen molar-refractivity contribution >= 4 is 11.6 Å². The summed E-state index contributed by atoms with van der Waals surface area (Å²) in [5.41, 5.74) is 6.18. The number of carbonyl (C=O) groups excluding carboxylic acids is 1. The highest BCUT2D eigenvalue weighted by atomic mass is 16.2. The van der Waals surface area contributed by atoms with Gasteiger partial charge in [0.1, 0.15) is 0 Å². The lowest BCUT2D eigenvalue weighted by Crippen LogP contribution is -2.40. The van der Waals surface area contributed by atoms with Crippen molar-refractivity contribution in [3.05, 3.63) is 101 Å². The number of anilines is 1. The zero-order valence-corrected chi connectivity index (χ0v) is 21.4. The second kappa shape index (κ2) is 10.1. The number of hydrogen-bond acceptors (Lipinski definition) is 3. The quantitative estimate of drug-likeness (QED) is 0.486. The molecule has 0 bridgehead atoms. The Labute approximate surface area is 215 Å². The molecule has 6 rings (SSSR count). The minimum atomic E-state index is -0.261. The van der Waals surface area contributed by atoms with E-state index in [9.17, 15) is 4.79 Å². The third-order valence-electron chi connectivity index (χ3n) is 8.63. The van der Waals surface area contributed by atoms with E-state index in [1.165, 1.54) is 42.6 Å². The normalized spacial score (nSPS) is 22.3. The van der Waals surface area contributed by atoms with Crippen molar-refractivity contribution in [1.29, 1.82) is 0 Å². The summed E-state index contributed by atoms with van der Waals surface area (Å²) in [7, 11) is 0. The van der Waals surface area contributed by atoms with Gasteiger partial charge in [0.15, 0.2) is 0 Å². The Morgan fingerprint density at radius 3 is 2.22 bits per heavy atom. The van der Waals surface area contributed by atoms with Gasteiger partial charge < -0.3 is 9.80 Å². The van der Waals surface area contributed by atoms with Gasteiger partial charge in [0.25, 0.3) is 0 Å². The maximum Gasteiger partial charge on any atom is 0.234 e. The molecule has 3 aliphatic heterocycles. The summed E-state index contributed by atoms with van der Waals surface area (Å²) in [6.45, 7) is 7.41. The molecular weight excluding hydrogens is 442 g/mol. The summed E-state index contributed by atoms with van der Waals surface area (Å²) in [4.78, 5) is 21.3. The predicted molar refractivity (Wildman–Crippen MR) is 146 cm³/mol. The number of benzene rings is 3. The third-order valence-corrected chi connectivity index (χ3v) is 8.63. The zero-order valence-electron chi connectivity index (χ0n) is 21.4. The molecule has 3 heterocycles. The Balaban J connectivity index is 1.18. The van der Waals surface area contributed by atoms with Gasteiger partial charge in [-0.1, -0.05) is 66.7 Å². The standard InChI is InChI=1S/C32H37N3O/c1-24-9-8-18-35(24)30-17-20-33(23-30)29-15-14-28-22-34(19-16-27(28)21-29)32(36)31(25-10-4-2-5-11-25)26-12-6-3-7-13-26/h2-7,10-15,21,24,30-31H,8-9,16-20,22-23H2,1H3/t24-,30-/m0/s1. The molecule has 0 unspecified atom stereocenters. The summed E-state index contributed by atoms with van der Waals surface area (Å²) in [6.07, 6.45) is 4.89. The van der Waals surface area contributed by atoms with Crippen LogP contribution in [0.1, 0.15) is 54.4 Å². The molecule has 4 nitrogen and oxygen atoms in total. The van der Waals surface area contributed by atoms with Crippen LogP contribution < -0.4 is 4.90 Å². The zero-order chi connectivity index (χ0) is 24.5. The molecule has 3 aromatic rings. The molecule has 36 heavy (non-hydrogen) atoms. The van der Waals surface area contributed by atoms with E-state index in [1.807, 2.05) is 36.4 Å². The Morgan fingerprint density at radius 1 is 0.833 bits per heavy atom. The lowest BCUT2D eigenvalue weighted by molar-refractivity contribution is -0.132. The maximum atomic E-state index is 13.9. The van der Waals surface area contributed by atoms with E-state index >= 15 is 0 Å². The fourth-order valence-electron chi connectivity index (χ4n) is 6.62. The van der Waals surface area contributed by atoms with E-state index in [0.717, 1.165) is 43.2 Å². The fourth-order valence-corrected chi connectivity index (χ4v) is 6.62. The molecule has 0 radical (unpaired) electrons. The van der Waals surface area contributed by atoms with Gasteiger partial charge in [0, 0.05) is 44.0 Å². The molecule has 2 fully saturated rings. The lowest BCUT2D eigenvalue weighted by atomic mass is 9.89. The Bertz CT molecular complexity index is 1160. The SMILES string of the molecule is C[C@H]1CCCN1[C@H]1CCN(c2ccc3c(c2)CCN(C(=O)C(c2ccccc2)c2ccccc2)C3)C1. The van der Waals surface area contributed by atoms with E-state index < -0.39 is 0 Å². The van der Waals surface area contributed by atoms with Crippen molar-refractivity contribution in [3.8, 4) is 0 Å². The van der Waals surface area contributed by atoms with Crippen molar-refractivity contribution < 1.29 is 4.79 Å². The average Bonchev–Trinajstić information content (AvgIpc) is 3.58. The summed E-state index contributed by atoms with van der Waals surface area (Å²) in [5.74, 6) is -0.0630. The minimum absolute atomic E-state index is 0.198. The van der Waals surface area contributed by atoms with Gasteiger partial charge >= 0.3 is 0 Å². The molecule has 0 spiro atoms. The highest BCUT2D eigenvalue weighted by Gasteiger charge is 2.34. The van der Waals surface area contributed by atoms with Gasteiger partial charge in [-0.25, -0.2) is 0 Å². The minimum Gasteiger partial charge on any atom is -0.370 e. The van der Waals surface area contributed by atoms with E-state index in [4.69, 9.17) is 0 Å². The van der Waals surface area contributed by atoms with Crippen LogP contribution in [0.4, 0.5) is 5.69 Å². The topological polar surface area (TPSA) is 26.8 Å². The first-order chi connectivity index (χ1) is 17.7. The number of fused-ring (bicyclic) bond motifs is 1. The van der Waals surface area contributed by atoms with Crippen LogP contribution in [0.25, 0.3) is 0 Å². The molecule has 0 aliphatic carbocycles. The smallest absolute Gasteiger partial charge is 0.234 e. The number of hydrogen-bond donors (Lipinski definition) is 0. The van der Waals surface area contributed by atoms with Crippen LogP contribution in [-0.2, 0) is 17.8 Å². The molecule has 3 aliphatic rings. The van der Waals surface area contributed by atoms with Crippen molar-refractivity contribution in [2.45, 2.75) is 57.2 Å². The molecule has 2 saturated heterocycles. The number of nitrogens with zero attached hydrogens (tertiary/aromatic N) is 3. The number of rotatable bonds is 5. The Hall–Kier alpha value is -3.11. The summed E-state index contributed by atoms with van der Waals surface area (Å²) < 4.78 is 0. The lowest BCUT2D eigenvalue weighted by Gasteiger charge is -2.33.